The molecule has 2 nitrogen and oxygen atoms in total. The number of hydrogen-bond acceptors (Lipinski definition) is 2. The molecular formula is C10H12F2O2. The van der Waals surface area contributed by atoms with Crippen molar-refractivity contribution in [3.05, 3.63) is 29.8 Å². The fourth-order valence-electron chi connectivity index (χ4n) is 1.02. The van der Waals surface area contributed by atoms with Crippen LogP contribution >= 0.6 is 0 Å². The highest BCUT2D eigenvalue weighted by Crippen LogP contribution is 2.19. The van der Waals surface area contributed by atoms with Gasteiger partial charge in [0.25, 0.3) is 6.43 Å². The molecule has 0 aliphatic carbocycles. The molecule has 78 valence electrons. The van der Waals surface area contributed by atoms with Gasteiger partial charge in [-0.15, -0.1) is 0 Å². The standard InChI is InChI=1S/C10H12F2O2/c1-7(13)8-3-2-4-9(5-8)14-6-10(11)12/h2-5,7,10,13H,6H2,1H3/t7-/m0/s1. The Balaban J connectivity index is 2.64. The number of rotatable bonds is 4. The molecule has 0 heterocycles. The lowest BCUT2D eigenvalue weighted by molar-refractivity contribution is 0.0817. The molecule has 0 bridgehead atoms. The van der Waals surface area contributed by atoms with Gasteiger partial charge in [-0.3, -0.25) is 0 Å². The molecule has 1 aromatic rings. The number of ether oxygens (including phenoxy) is 1. The Morgan fingerprint density at radius 1 is 1.43 bits per heavy atom. The molecule has 0 unspecified atom stereocenters. The van der Waals surface area contributed by atoms with Crippen LogP contribution in [-0.2, 0) is 0 Å². The van der Waals surface area contributed by atoms with Gasteiger partial charge in [0.2, 0.25) is 0 Å². The smallest absolute Gasteiger partial charge is 0.272 e. The first-order chi connectivity index (χ1) is 6.59. The second kappa shape index (κ2) is 4.91. The molecule has 1 aromatic carbocycles. The maximum Gasteiger partial charge on any atom is 0.272 e. The lowest BCUT2D eigenvalue weighted by Crippen LogP contribution is -2.07. The maximum absolute atomic E-state index is 11.8. The van der Waals surface area contributed by atoms with Crippen LogP contribution in [0.25, 0.3) is 0 Å². The van der Waals surface area contributed by atoms with Gasteiger partial charge in [-0.2, -0.15) is 0 Å². The number of aliphatic hydroxyl groups excluding tert-OH is 1. The Bertz CT molecular complexity index is 287. The molecule has 0 spiro atoms. The van der Waals surface area contributed by atoms with Crippen LogP contribution in [0.1, 0.15) is 18.6 Å². The Kier molecular flexibility index (Phi) is 3.83. The summed E-state index contributed by atoms with van der Waals surface area (Å²) >= 11 is 0. The highest BCUT2D eigenvalue weighted by atomic mass is 19.3. The topological polar surface area (TPSA) is 29.5 Å². The van der Waals surface area contributed by atoms with E-state index in [0.717, 1.165) is 0 Å². The largest absolute Gasteiger partial charge is 0.488 e. The third-order valence-corrected chi connectivity index (χ3v) is 1.72. The SMILES string of the molecule is C[C@H](O)c1cccc(OCC(F)F)c1. The van der Waals surface area contributed by atoms with Crippen molar-refractivity contribution in [3.63, 3.8) is 0 Å². The Labute approximate surface area is 81.1 Å². The summed E-state index contributed by atoms with van der Waals surface area (Å²) < 4.78 is 28.4. The fraction of sp³-hybridized carbons (Fsp3) is 0.400. The summed E-state index contributed by atoms with van der Waals surface area (Å²) in [5.74, 6) is 0.351. The molecule has 0 saturated heterocycles. The van der Waals surface area contributed by atoms with Gasteiger partial charge in [0, 0.05) is 0 Å². The van der Waals surface area contributed by atoms with Gasteiger partial charge in [-0.05, 0) is 24.6 Å². The van der Waals surface area contributed by atoms with E-state index >= 15 is 0 Å². The predicted octanol–water partition coefficient (Wildman–Crippen LogP) is 2.38. The highest BCUT2D eigenvalue weighted by Gasteiger charge is 2.05. The molecule has 0 aliphatic rings. The second-order valence-corrected chi connectivity index (χ2v) is 2.95. The monoisotopic (exact) mass is 202 g/mol. The number of hydrogen-bond donors (Lipinski definition) is 1. The van der Waals surface area contributed by atoms with E-state index in [0.29, 0.717) is 11.3 Å². The lowest BCUT2D eigenvalue weighted by Gasteiger charge is -2.08. The van der Waals surface area contributed by atoms with E-state index in [1.165, 1.54) is 0 Å². The molecule has 0 aromatic heterocycles. The van der Waals surface area contributed by atoms with Gasteiger partial charge in [0.15, 0.2) is 0 Å². The van der Waals surface area contributed by atoms with Crippen molar-refractivity contribution in [2.24, 2.45) is 0 Å². The zero-order chi connectivity index (χ0) is 10.6. The molecule has 0 fully saturated rings. The van der Waals surface area contributed by atoms with Crippen LogP contribution in [-0.4, -0.2) is 18.1 Å². The van der Waals surface area contributed by atoms with Crippen LogP contribution in [0.15, 0.2) is 24.3 Å². The van der Waals surface area contributed by atoms with Crippen molar-refractivity contribution >= 4 is 0 Å². The molecular weight excluding hydrogens is 190 g/mol. The predicted molar refractivity (Wildman–Crippen MR) is 48.6 cm³/mol. The molecule has 1 rings (SSSR count). The maximum atomic E-state index is 11.8. The summed E-state index contributed by atoms with van der Waals surface area (Å²) in [6.45, 7) is 0.982. The van der Waals surface area contributed by atoms with E-state index in [2.05, 4.69) is 0 Å². The zero-order valence-electron chi connectivity index (χ0n) is 7.78. The van der Waals surface area contributed by atoms with E-state index in [1.54, 1.807) is 31.2 Å². The minimum atomic E-state index is -2.48. The van der Waals surface area contributed by atoms with E-state index in [4.69, 9.17) is 4.74 Å². The van der Waals surface area contributed by atoms with Gasteiger partial charge in [-0.25, -0.2) is 8.78 Å². The van der Waals surface area contributed by atoms with Crippen molar-refractivity contribution in [3.8, 4) is 5.75 Å². The first-order valence-corrected chi connectivity index (χ1v) is 4.28. The average Bonchev–Trinajstić information content (AvgIpc) is 2.15. The molecule has 0 radical (unpaired) electrons. The third kappa shape index (κ3) is 3.30. The van der Waals surface area contributed by atoms with Crippen molar-refractivity contribution in [2.45, 2.75) is 19.5 Å². The average molecular weight is 202 g/mol. The van der Waals surface area contributed by atoms with Crippen LogP contribution in [0, 0.1) is 0 Å². The number of alkyl halides is 2. The van der Waals surface area contributed by atoms with Crippen LogP contribution < -0.4 is 4.74 Å². The lowest BCUT2D eigenvalue weighted by atomic mass is 10.1. The highest BCUT2D eigenvalue weighted by molar-refractivity contribution is 5.29. The summed E-state index contributed by atoms with van der Waals surface area (Å²) in [6.07, 6.45) is -3.10. The van der Waals surface area contributed by atoms with Gasteiger partial charge in [-0.1, -0.05) is 12.1 Å². The molecule has 4 heteroatoms. The van der Waals surface area contributed by atoms with Gasteiger partial charge in [0.1, 0.15) is 12.4 Å². The number of halogens is 2. The Morgan fingerprint density at radius 3 is 2.71 bits per heavy atom. The Hall–Kier alpha value is -1.16. The molecule has 0 amide bonds. The Morgan fingerprint density at radius 2 is 2.14 bits per heavy atom. The van der Waals surface area contributed by atoms with E-state index < -0.39 is 19.1 Å². The quantitative estimate of drug-likeness (QED) is 0.812. The van der Waals surface area contributed by atoms with Crippen molar-refractivity contribution < 1.29 is 18.6 Å². The second-order valence-electron chi connectivity index (χ2n) is 2.95. The minimum absolute atomic E-state index is 0.351. The summed E-state index contributed by atoms with van der Waals surface area (Å²) in [6, 6.07) is 6.49. The van der Waals surface area contributed by atoms with Gasteiger partial charge in [0.05, 0.1) is 6.10 Å². The third-order valence-electron chi connectivity index (χ3n) is 1.72. The molecule has 0 aliphatic heterocycles. The number of aliphatic hydroxyl groups is 1. The first kappa shape index (κ1) is 10.9. The van der Waals surface area contributed by atoms with Crippen molar-refractivity contribution in [1.29, 1.82) is 0 Å². The molecule has 1 atom stereocenters. The van der Waals surface area contributed by atoms with Gasteiger partial charge < -0.3 is 9.84 Å². The van der Waals surface area contributed by atoms with Crippen LogP contribution in [0.5, 0.6) is 5.75 Å². The molecule has 14 heavy (non-hydrogen) atoms. The van der Waals surface area contributed by atoms with E-state index in [1.807, 2.05) is 0 Å². The van der Waals surface area contributed by atoms with Crippen LogP contribution in [0.3, 0.4) is 0 Å². The van der Waals surface area contributed by atoms with E-state index in [-0.39, 0.29) is 0 Å². The normalized spacial score (nSPS) is 12.9. The van der Waals surface area contributed by atoms with Crippen molar-refractivity contribution in [1.82, 2.24) is 0 Å². The molecule has 0 saturated carbocycles. The van der Waals surface area contributed by atoms with Crippen LogP contribution in [0.2, 0.25) is 0 Å². The molecule has 1 N–H and O–H groups in total. The summed E-state index contributed by atoms with van der Waals surface area (Å²) in [5.41, 5.74) is 0.650. The van der Waals surface area contributed by atoms with Crippen LogP contribution in [0.4, 0.5) is 8.78 Å². The first-order valence-electron chi connectivity index (χ1n) is 4.28. The summed E-state index contributed by atoms with van der Waals surface area (Å²) in [7, 11) is 0. The van der Waals surface area contributed by atoms with E-state index in [9.17, 15) is 13.9 Å². The van der Waals surface area contributed by atoms with Crippen molar-refractivity contribution in [2.75, 3.05) is 6.61 Å². The summed E-state index contributed by atoms with van der Waals surface area (Å²) in [5, 5.41) is 9.22. The number of benzene rings is 1. The fourth-order valence-corrected chi connectivity index (χ4v) is 1.02. The minimum Gasteiger partial charge on any atom is -0.488 e. The van der Waals surface area contributed by atoms with Gasteiger partial charge >= 0.3 is 0 Å². The summed E-state index contributed by atoms with van der Waals surface area (Å²) in [4.78, 5) is 0. The zero-order valence-corrected chi connectivity index (χ0v) is 7.78.